The first-order valence-electron chi connectivity index (χ1n) is 4.11. The minimum absolute atomic E-state index is 0.795. The summed E-state index contributed by atoms with van der Waals surface area (Å²) in [5, 5.41) is 6.35. The molecule has 0 fully saturated rings. The number of nitrogens with zero attached hydrogens (tertiary/aromatic N) is 1. The summed E-state index contributed by atoms with van der Waals surface area (Å²) < 4.78 is 0.832. The Balaban J connectivity index is 1.85. The van der Waals surface area contributed by atoms with Crippen LogP contribution in [0.5, 0.6) is 0 Å². The van der Waals surface area contributed by atoms with Crippen LogP contribution in [-0.2, 0) is 6.54 Å². The molecule has 2 rings (SSSR count). The average Bonchev–Trinajstić information content (AvgIpc) is 2.71. The van der Waals surface area contributed by atoms with Crippen molar-refractivity contribution >= 4 is 28.9 Å². The minimum atomic E-state index is 0.795. The lowest BCUT2D eigenvalue weighted by atomic mass is 10.5. The summed E-state index contributed by atoms with van der Waals surface area (Å²) in [6.45, 7) is 2.60. The fraction of sp³-hybridized carbons (Fsp3) is 0.375. The van der Waals surface area contributed by atoms with E-state index in [-0.39, 0.29) is 0 Å². The van der Waals surface area contributed by atoms with E-state index < -0.39 is 0 Å². The number of nitrogens with one attached hydrogen (secondary N) is 2. The van der Waals surface area contributed by atoms with Gasteiger partial charge in [0.25, 0.3) is 0 Å². The molecule has 0 amide bonds. The number of hydrogen-bond donors (Lipinski definition) is 2. The maximum absolute atomic E-state index is 5.80. The van der Waals surface area contributed by atoms with Crippen molar-refractivity contribution in [2.75, 3.05) is 13.1 Å². The average molecular weight is 216 g/mol. The van der Waals surface area contributed by atoms with Gasteiger partial charge in [0.15, 0.2) is 5.96 Å². The van der Waals surface area contributed by atoms with Crippen LogP contribution in [0.3, 0.4) is 0 Å². The van der Waals surface area contributed by atoms with Gasteiger partial charge in [-0.05, 0) is 12.1 Å². The largest absolute Gasteiger partial charge is 0.355 e. The fourth-order valence-corrected chi connectivity index (χ4v) is 2.16. The third kappa shape index (κ3) is 2.35. The number of hydrogen-bond acceptors (Lipinski definition) is 4. The van der Waals surface area contributed by atoms with E-state index in [1.807, 2.05) is 12.1 Å². The molecular weight excluding hydrogens is 206 g/mol. The van der Waals surface area contributed by atoms with Gasteiger partial charge in [0.05, 0.1) is 17.4 Å². The van der Waals surface area contributed by atoms with Gasteiger partial charge in [0.2, 0.25) is 0 Å². The Bertz CT molecular complexity index is 321. The first-order chi connectivity index (χ1) is 6.34. The molecule has 1 aliphatic rings. The number of halogens is 1. The Morgan fingerprint density at radius 2 is 2.54 bits per heavy atom. The number of guanidine groups is 1. The topological polar surface area (TPSA) is 36.4 Å². The van der Waals surface area contributed by atoms with E-state index in [0.717, 1.165) is 29.9 Å². The summed E-state index contributed by atoms with van der Waals surface area (Å²) in [5.74, 6) is 0.893. The third-order valence-corrected chi connectivity index (χ3v) is 2.96. The molecule has 1 aromatic heterocycles. The van der Waals surface area contributed by atoms with Gasteiger partial charge in [-0.2, -0.15) is 0 Å². The highest BCUT2D eigenvalue weighted by atomic mass is 35.5. The second-order valence-electron chi connectivity index (χ2n) is 2.72. The zero-order valence-electron chi connectivity index (χ0n) is 7.01. The molecule has 1 aliphatic heterocycles. The molecule has 0 unspecified atom stereocenters. The quantitative estimate of drug-likeness (QED) is 0.784. The van der Waals surface area contributed by atoms with Crippen LogP contribution in [0.1, 0.15) is 4.88 Å². The summed E-state index contributed by atoms with van der Waals surface area (Å²) in [6.07, 6.45) is 0. The summed E-state index contributed by atoms with van der Waals surface area (Å²) in [6, 6.07) is 3.93. The second-order valence-corrected chi connectivity index (χ2v) is 4.52. The summed E-state index contributed by atoms with van der Waals surface area (Å²) in [7, 11) is 0. The van der Waals surface area contributed by atoms with Gasteiger partial charge in [-0.3, -0.25) is 4.99 Å². The molecule has 2 heterocycles. The van der Waals surface area contributed by atoms with Crippen molar-refractivity contribution in [1.82, 2.24) is 10.6 Å². The Morgan fingerprint density at radius 1 is 1.62 bits per heavy atom. The molecule has 0 atom stereocenters. The van der Waals surface area contributed by atoms with E-state index in [9.17, 15) is 0 Å². The lowest BCUT2D eigenvalue weighted by Gasteiger charge is -2.03. The SMILES string of the molecule is Clc1ccc(CNC2=NCCN2)s1. The Morgan fingerprint density at radius 3 is 3.15 bits per heavy atom. The molecule has 70 valence electrons. The predicted molar refractivity (Wildman–Crippen MR) is 56.5 cm³/mol. The molecule has 5 heteroatoms. The number of thiophene rings is 1. The molecular formula is C8H10ClN3S. The zero-order chi connectivity index (χ0) is 9.10. The molecule has 3 nitrogen and oxygen atoms in total. The lowest BCUT2D eigenvalue weighted by molar-refractivity contribution is 0.878. The van der Waals surface area contributed by atoms with Gasteiger partial charge in [-0.25, -0.2) is 0 Å². The van der Waals surface area contributed by atoms with Crippen LogP contribution < -0.4 is 10.6 Å². The van der Waals surface area contributed by atoms with Crippen LogP contribution in [0.15, 0.2) is 17.1 Å². The molecule has 0 saturated carbocycles. The lowest BCUT2D eigenvalue weighted by Crippen LogP contribution is -2.32. The fourth-order valence-electron chi connectivity index (χ4n) is 1.13. The monoisotopic (exact) mass is 215 g/mol. The smallest absolute Gasteiger partial charge is 0.191 e. The first kappa shape index (κ1) is 8.84. The van der Waals surface area contributed by atoms with Crippen LogP contribution in [0, 0.1) is 0 Å². The molecule has 0 aromatic carbocycles. The highest BCUT2D eigenvalue weighted by molar-refractivity contribution is 7.16. The normalized spacial score (nSPS) is 15.3. The van der Waals surface area contributed by atoms with Gasteiger partial charge in [-0.15, -0.1) is 11.3 Å². The van der Waals surface area contributed by atoms with Crippen molar-refractivity contribution < 1.29 is 0 Å². The summed E-state index contributed by atoms with van der Waals surface area (Å²) in [5.41, 5.74) is 0. The van der Waals surface area contributed by atoms with Crippen molar-refractivity contribution in [1.29, 1.82) is 0 Å². The Hall–Kier alpha value is -0.740. The van der Waals surface area contributed by atoms with E-state index >= 15 is 0 Å². The number of aliphatic imine (C=N–C) groups is 1. The molecule has 13 heavy (non-hydrogen) atoms. The van der Waals surface area contributed by atoms with Crippen molar-refractivity contribution in [3.8, 4) is 0 Å². The highest BCUT2D eigenvalue weighted by Gasteiger charge is 2.04. The van der Waals surface area contributed by atoms with Gasteiger partial charge >= 0.3 is 0 Å². The molecule has 2 N–H and O–H groups in total. The van der Waals surface area contributed by atoms with Gasteiger partial charge in [0, 0.05) is 11.4 Å². The van der Waals surface area contributed by atoms with E-state index in [0.29, 0.717) is 0 Å². The number of rotatable bonds is 2. The molecule has 0 spiro atoms. The highest BCUT2D eigenvalue weighted by Crippen LogP contribution is 2.20. The molecule has 0 radical (unpaired) electrons. The van der Waals surface area contributed by atoms with Gasteiger partial charge in [-0.1, -0.05) is 11.6 Å². The standard InChI is InChI=1S/C8H10ClN3S/c9-7-2-1-6(13-7)5-12-8-10-3-4-11-8/h1-2H,3-5H2,(H2,10,11,12). The van der Waals surface area contributed by atoms with E-state index in [2.05, 4.69) is 15.6 Å². The van der Waals surface area contributed by atoms with Gasteiger partial charge in [0.1, 0.15) is 0 Å². The maximum Gasteiger partial charge on any atom is 0.191 e. The van der Waals surface area contributed by atoms with E-state index in [1.54, 1.807) is 11.3 Å². The second kappa shape index (κ2) is 3.98. The van der Waals surface area contributed by atoms with Gasteiger partial charge < -0.3 is 10.6 Å². The van der Waals surface area contributed by atoms with E-state index in [4.69, 9.17) is 11.6 Å². The van der Waals surface area contributed by atoms with Crippen molar-refractivity contribution in [2.45, 2.75) is 6.54 Å². The third-order valence-electron chi connectivity index (χ3n) is 1.73. The minimum Gasteiger partial charge on any atom is -0.355 e. The van der Waals surface area contributed by atoms with E-state index in [1.165, 1.54) is 4.88 Å². The molecule has 0 saturated heterocycles. The zero-order valence-corrected chi connectivity index (χ0v) is 8.58. The van der Waals surface area contributed by atoms with Crippen LogP contribution in [0.25, 0.3) is 0 Å². The van der Waals surface area contributed by atoms with Crippen LogP contribution in [-0.4, -0.2) is 19.0 Å². The first-order valence-corrected chi connectivity index (χ1v) is 5.30. The Labute approximate surface area is 85.8 Å². The molecule has 1 aromatic rings. The van der Waals surface area contributed by atoms with Crippen molar-refractivity contribution in [3.63, 3.8) is 0 Å². The van der Waals surface area contributed by atoms with Crippen molar-refractivity contribution in [2.24, 2.45) is 4.99 Å². The summed E-state index contributed by atoms with van der Waals surface area (Å²) in [4.78, 5) is 5.45. The van der Waals surface area contributed by atoms with Crippen LogP contribution in [0.2, 0.25) is 4.34 Å². The summed E-state index contributed by atoms with van der Waals surface area (Å²) >= 11 is 7.39. The molecule has 0 aliphatic carbocycles. The predicted octanol–water partition coefficient (Wildman–Crippen LogP) is 1.45. The maximum atomic E-state index is 5.80. The van der Waals surface area contributed by atoms with Crippen LogP contribution >= 0.6 is 22.9 Å². The Kier molecular flexibility index (Phi) is 2.71. The molecule has 0 bridgehead atoms. The van der Waals surface area contributed by atoms with Crippen LogP contribution in [0.4, 0.5) is 0 Å². The van der Waals surface area contributed by atoms with Crippen molar-refractivity contribution in [3.05, 3.63) is 21.3 Å².